The van der Waals surface area contributed by atoms with Crippen LogP contribution < -0.4 is 5.73 Å². The Bertz CT molecular complexity index is 276. The van der Waals surface area contributed by atoms with Crippen molar-refractivity contribution in [2.45, 2.75) is 44.7 Å². The molecular weight excluding hydrogens is 196 g/mol. The maximum absolute atomic E-state index is 11.8. The lowest BCUT2D eigenvalue weighted by Crippen LogP contribution is -2.53. The Kier molecular flexibility index (Phi) is 3.34. The minimum absolute atomic E-state index is 0.250. The van der Waals surface area contributed by atoms with Crippen molar-refractivity contribution in [2.75, 3.05) is 6.54 Å². The van der Waals surface area contributed by atoms with Crippen LogP contribution in [0.4, 0.5) is 0 Å². The molecular formula is C10H18N2O3. The Hall–Kier alpha value is -1.10. The predicted molar refractivity (Wildman–Crippen MR) is 55.3 cm³/mol. The molecule has 0 unspecified atom stereocenters. The fraction of sp³-hybridized carbons (Fsp3) is 0.800. The Morgan fingerprint density at radius 3 is 2.80 bits per heavy atom. The Morgan fingerprint density at radius 1 is 1.67 bits per heavy atom. The molecule has 5 heteroatoms. The zero-order valence-electron chi connectivity index (χ0n) is 9.19. The van der Waals surface area contributed by atoms with Gasteiger partial charge in [0.05, 0.1) is 6.04 Å². The minimum atomic E-state index is -0.995. The van der Waals surface area contributed by atoms with Crippen LogP contribution in [0.25, 0.3) is 0 Å². The summed E-state index contributed by atoms with van der Waals surface area (Å²) in [5, 5.41) is 8.76. The van der Waals surface area contributed by atoms with Crippen molar-refractivity contribution >= 4 is 11.9 Å². The average Bonchev–Trinajstić information content (AvgIpc) is 2.18. The van der Waals surface area contributed by atoms with Crippen LogP contribution in [-0.2, 0) is 9.59 Å². The van der Waals surface area contributed by atoms with Gasteiger partial charge >= 0.3 is 5.97 Å². The van der Waals surface area contributed by atoms with E-state index in [1.165, 1.54) is 4.90 Å². The van der Waals surface area contributed by atoms with Gasteiger partial charge < -0.3 is 15.7 Å². The SMILES string of the molecule is CC1(C)CCC[C@H](N)C(=O)N1CC(=O)O. The van der Waals surface area contributed by atoms with Gasteiger partial charge in [-0.05, 0) is 33.1 Å². The molecule has 0 saturated carbocycles. The molecule has 0 radical (unpaired) electrons. The van der Waals surface area contributed by atoms with Gasteiger partial charge in [0.25, 0.3) is 0 Å². The Balaban J connectivity index is 2.90. The first-order chi connectivity index (χ1) is 6.84. The summed E-state index contributed by atoms with van der Waals surface area (Å²) in [6.45, 7) is 3.50. The fourth-order valence-electron chi connectivity index (χ4n) is 1.94. The van der Waals surface area contributed by atoms with E-state index in [0.717, 1.165) is 12.8 Å². The molecule has 0 aromatic rings. The Labute approximate surface area is 89.2 Å². The van der Waals surface area contributed by atoms with E-state index in [9.17, 15) is 9.59 Å². The van der Waals surface area contributed by atoms with E-state index in [4.69, 9.17) is 10.8 Å². The van der Waals surface area contributed by atoms with Gasteiger partial charge in [0.15, 0.2) is 0 Å². The van der Waals surface area contributed by atoms with E-state index >= 15 is 0 Å². The van der Waals surface area contributed by atoms with E-state index in [1.807, 2.05) is 13.8 Å². The molecule has 1 saturated heterocycles. The second-order valence-electron chi connectivity index (χ2n) is 4.63. The largest absolute Gasteiger partial charge is 0.480 e. The van der Waals surface area contributed by atoms with Gasteiger partial charge in [-0.15, -0.1) is 0 Å². The topological polar surface area (TPSA) is 83.6 Å². The van der Waals surface area contributed by atoms with Crippen molar-refractivity contribution in [3.8, 4) is 0 Å². The summed E-state index contributed by atoms with van der Waals surface area (Å²) in [7, 11) is 0. The van der Waals surface area contributed by atoms with Gasteiger partial charge in [-0.1, -0.05) is 0 Å². The second-order valence-corrected chi connectivity index (χ2v) is 4.63. The smallest absolute Gasteiger partial charge is 0.323 e. The quantitative estimate of drug-likeness (QED) is 0.687. The molecule has 5 nitrogen and oxygen atoms in total. The molecule has 0 spiro atoms. The van der Waals surface area contributed by atoms with Crippen molar-refractivity contribution < 1.29 is 14.7 Å². The van der Waals surface area contributed by atoms with Crippen LogP contribution >= 0.6 is 0 Å². The highest BCUT2D eigenvalue weighted by Gasteiger charge is 2.37. The van der Waals surface area contributed by atoms with Crippen LogP contribution in [0.3, 0.4) is 0 Å². The predicted octanol–water partition coefficient (Wildman–Crippen LogP) is 0.189. The van der Waals surface area contributed by atoms with E-state index < -0.39 is 17.6 Å². The van der Waals surface area contributed by atoms with Crippen molar-refractivity contribution in [1.29, 1.82) is 0 Å². The van der Waals surface area contributed by atoms with Crippen molar-refractivity contribution in [3.63, 3.8) is 0 Å². The number of nitrogens with zero attached hydrogens (tertiary/aromatic N) is 1. The molecule has 1 fully saturated rings. The van der Waals surface area contributed by atoms with Crippen LogP contribution in [0.2, 0.25) is 0 Å². The summed E-state index contributed by atoms with van der Waals surface area (Å²) < 4.78 is 0. The van der Waals surface area contributed by atoms with Crippen LogP contribution in [0, 0.1) is 0 Å². The van der Waals surface area contributed by atoms with Crippen molar-refractivity contribution in [3.05, 3.63) is 0 Å². The Morgan fingerprint density at radius 2 is 2.27 bits per heavy atom. The molecule has 0 bridgehead atoms. The molecule has 0 aromatic heterocycles. The van der Waals surface area contributed by atoms with Gasteiger partial charge in [-0.25, -0.2) is 0 Å². The number of likely N-dealkylation sites (tertiary alicyclic amines) is 1. The number of rotatable bonds is 2. The van der Waals surface area contributed by atoms with Gasteiger partial charge in [-0.2, -0.15) is 0 Å². The highest BCUT2D eigenvalue weighted by molar-refractivity contribution is 5.86. The molecule has 1 rings (SSSR count). The summed E-state index contributed by atoms with van der Waals surface area (Å²) in [6, 6.07) is -0.550. The molecule has 3 N–H and O–H groups in total. The van der Waals surface area contributed by atoms with Crippen LogP contribution in [0.5, 0.6) is 0 Å². The number of amides is 1. The van der Waals surface area contributed by atoms with Gasteiger partial charge in [-0.3, -0.25) is 9.59 Å². The standard InChI is InChI=1S/C10H18N2O3/c1-10(2)5-3-4-7(11)9(15)12(10)6-8(13)14/h7H,3-6,11H2,1-2H3,(H,13,14)/t7-/m0/s1. The molecule has 1 heterocycles. The molecule has 0 aromatic carbocycles. The lowest BCUT2D eigenvalue weighted by molar-refractivity contribution is -0.148. The number of carboxylic acids is 1. The normalized spacial score (nSPS) is 26.2. The number of carboxylic acid groups (broad SMARTS) is 1. The molecule has 1 aliphatic heterocycles. The van der Waals surface area contributed by atoms with Crippen LogP contribution in [-0.4, -0.2) is 40.0 Å². The summed E-state index contributed by atoms with van der Waals surface area (Å²) in [4.78, 5) is 23.9. The molecule has 86 valence electrons. The number of aliphatic carboxylic acids is 1. The van der Waals surface area contributed by atoms with Gasteiger partial charge in [0.1, 0.15) is 6.54 Å². The summed E-state index contributed by atoms with van der Waals surface area (Å²) >= 11 is 0. The van der Waals surface area contributed by atoms with Crippen LogP contribution in [0.15, 0.2) is 0 Å². The monoisotopic (exact) mass is 214 g/mol. The lowest BCUT2D eigenvalue weighted by Gasteiger charge is -2.36. The summed E-state index contributed by atoms with van der Waals surface area (Å²) in [5.41, 5.74) is 5.27. The molecule has 1 aliphatic rings. The maximum atomic E-state index is 11.8. The third-order valence-corrected chi connectivity index (χ3v) is 2.91. The zero-order valence-corrected chi connectivity index (χ0v) is 9.19. The first-order valence-electron chi connectivity index (χ1n) is 5.13. The number of nitrogens with two attached hydrogens (primary N) is 1. The highest BCUT2D eigenvalue weighted by atomic mass is 16.4. The highest BCUT2D eigenvalue weighted by Crippen LogP contribution is 2.26. The first-order valence-corrected chi connectivity index (χ1v) is 5.13. The lowest BCUT2D eigenvalue weighted by atomic mass is 9.97. The average molecular weight is 214 g/mol. The second kappa shape index (κ2) is 4.18. The third kappa shape index (κ3) is 2.68. The molecule has 1 amide bonds. The molecule has 1 atom stereocenters. The summed E-state index contributed by atoms with van der Waals surface area (Å²) in [5.74, 6) is -1.24. The third-order valence-electron chi connectivity index (χ3n) is 2.91. The number of carbonyl (C=O) groups excluding carboxylic acids is 1. The van der Waals surface area contributed by atoms with Gasteiger partial charge in [0.2, 0.25) is 5.91 Å². The molecule has 15 heavy (non-hydrogen) atoms. The van der Waals surface area contributed by atoms with Crippen LogP contribution in [0.1, 0.15) is 33.1 Å². The van der Waals surface area contributed by atoms with E-state index in [-0.39, 0.29) is 12.5 Å². The van der Waals surface area contributed by atoms with Crippen molar-refractivity contribution in [2.24, 2.45) is 5.73 Å². The number of hydrogen-bond donors (Lipinski definition) is 2. The fourth-order valence-corrected chi connectivity index (χ4v) is 1.94. The van der Waals surface area contributed by atoms with E-state index in [2.05, 4.69) is 0 Å². The first kappa shape index (κ1) is 12.0. The molecule has 0 aliphatic carbocycles. The number of carbonyl (C=O) groups is 2. The van der Waals surface area contributed by atoms with E-state index in [0.29, 0.717) is 6.42 Å². The zero-order chi connectivity index (χ0) is 11.6. The minimum Gasteiger partial charge on any atom is -0.480 e. The van der Waals surface area contributed by atoms with E-state index in [1.54, 1.807) is 0 Å². The number of hydrogen-bond acceptors (Lipinski definition) is 3. The maximum Gasteiger partial charge on any atom is 0.323 e. The van der Waals surface area contributed by atoms with Crippen molar-refractivity contribution in [1.82, 2.24) is 4.90 Å². The summed E-state index contributed by atoms with van der Waals surface area (Å²) in [6.07, 6.45) is 2.29. The van der Waals surface area contributed by atoms with Gasteiger partial charge in [0, 0.05) is 5.54 Å².